The number of aryl methyl sites for hydroxylation is 1. The summed E-state index contributed by atoms with van der Waals surface area (Å²) in [4.78, 5) is 24.6. The Kier molecular flexibility index (Phi) is 11.5. The van der Waals surface area contributed by atoms with Crippen molar-refractivity contribution in [1.82, 2.24) is 16.1 Å². The predicted octanol–water partition coefficient (Wildman–Crippen LogP) is 5.40. The lowest BCUT2D eigenvalue weighted by atomic mass is 9.95. The summed E-state index contributed by atoms with van der Waals surface area (Å²) in [5.41, 5.74) is 6.53. The van der Waals surface area contributed by atoms with E-state index in [4.69, 9.17) is 42.1 Å². The van der Waals surface area contributed by atoms with Crippen LogP contribution in [0.4, 0.5) is 4.79 Å². The van der Waals surface area contributed by atoms with Crippen LogP contribution in [-0.2, 0) is 16.1 Å². The minimum atomic E-state index is -1.18. The van der Waals surface area contributed by atoms with Crippen molar-refractivity contribution in [2.75, 3.05) is 20.3 Å². The van der Waals surface area contributed by atoms with Crippen LogP contribution in [0.2, 0.25) is 10.0 Å². The van der Waals surface area contributed by atoms with E-state index in [1.54, 1.807) is 44.2 Å². The number of rotatable bonds is 13. The van der Waals surface area contributed by atoms with Gasteiger partial charge in [-0.2, -0.15) is 5.10 Å². The number of carbonyl (C=O) groups excluding carboxylic acids is 2. The molecule has 1 aliphatic rings. The highest BCUT2D eigenvalue weighted by Crippen LogP contribution is 2.36. The lowest BCUT2D eigenvalue weighted by molar-refractivity contribution is -0.136. The van der Waals surface area contributed by atoms with Crippen LogP contribution in [0, 0.1) is 6.92 Å². The second kappa shape index (κ2) is 15.5. The van der Waals surface area contributed by atoms with E-state index in [0.717, 1.165) is 11.1 Å². The van der Waals surface area contributed by atoms with E-state index < -0.39 is 24.3 Å². The molecule has 13 heteroatoms. The van der Waals surface area contributed by atoms with Gasteiger partial charge in [0.15, 0.2) is 23.5 Å². The first kappa shape index (κ1) is 33.4. The van der Waals surface area contributed by atoms with Gasteiger partial charge in [0.1, 0.15) is 13.2 Å². The summed E-state index contributed by atoms with van der Waals surface area (Å²) in [5.74, 6) is 0.480. The highest BCUT2D eigenvalue weighted by atomic mass is 35.5. The number of halogens is 2. The van der Waals surface area contributed by atoms with Crippen LogP contribution in [-0.4, -0.2) is 49.9 Å². The number of nitrogens with one attached hydrogen (secondary N) is 3. The van der Waals surface area contributed by atoms with Crippen molar-refractivity contribution < 1.29 is 33.6 Å². The van der Waals surface area contributed by atoms with Crippen molar-refractivity contribution in [2.45, 2.75) is 39.6 Å². The predicted molar refractivity (Wildman–Crippen MR) is 171 cm³/mol. The summed E-state index contributed by atoms with van der Waals surface area (Å²) < 4.78 is 22.3. The van der Waals surface area contributed by atoms with Crippen molar-refractivity contribution in [3.8, 4) is 17.2 Å². The number of allylic oxidation sites excluding steroid dienone is 1. The first-order valence-corrected chi connectivity index (χ1v) is 14.7. The largest absolute Gasteiger partial charge is 0.490 e. The van der Waals surface area contributed by atoms with E-state index in [2.05, 4.69) is 21.2 Å². The van der Waals surface area contributed by atoms with Crippen molar-refractivity contribution in [3.05, 3.63) is 98.2 Å². The summed E-state index contributed by atoms with van der Waals surface area (Å²) in [6.07, 6.45) is 0.269. The minimum Gasteiger partial charge on any atom is -0.490 e. The minimum absolute atomic E-state index is 0.180. The van der Waals surface area contributed by atoms with Crippen LogP contribution < -0.4 is 30.3 Å². The van der Waals surface area contributed by atoms with Crippen LogP contribution in [0.25, 0.3) is 0 Å². The van der Waals surface area contributed by atoms with Gasteiger partial charge in [-0.15, -0.1) is 0 Å². The lowest BCUT2D eigenvalue weighted by Gasteiger charge is -2.28. The first-order chi connectivity index (χ1) is 21.6. The number of nitrogens with zero attached hydrogens (tertiary/aromatic N) is 1. The number of amides is 2. The van der Waals surface area contributed by atoms with E-state index in [-0.39, 0.29) is 12.2 Å². The Morgan fingerprint density at radius 3 is 2.42 bits per heavy atom. The quantitative estimate of drug-likeness (QED) is 0.0830. The molecule has 1 heterocycles. The van der Waals surface area contributed by atoms with Crippen LogP contribution in [0.1, 0.15) is 42.1 Å². The van der Waals surface area contributed by atoms with Gasteiger partial charge < -0.3 is 34.7 Å². The first-order valence-electron chi connectivity index (χ1n) is 14.0. The van der Waals surface area contributed by atoms with E-state index in [1.165, 1.54) is 13.3 Å². The maximum absolute atomic E-state index is 12.4. The Morgan fingerprint density at radius 1 is 1.04 bits per heavy atom. The number of ether oxygens (including phenoxy) is 4. The van der Waals surface area contributed by atoms with Crippen LogP contribution in [0.15, 0.2) is 71.0 Å². The lowest BCUT2D eigenvalue weighted by Crippen LogP contribution is -2.45. The third-order valence-corrected chi connectivity index (χ3v) is 7.20. The Balaban J connectivity index is 1.37. The van der Waals surface area contributed by atoms with Gasteiger partial charge in [-0.25, -0.2) is 9.59 Å². The molecule has 0 bridgehead atoms. The molecular weight excluding hydrogens is 623 g/mol. The summed E-state index contributed by atoms with van der Waals surface area (Å²) in [7, 11) is 1.27. The molecule has 238 valence electrons. The molecule has 0 aromatic heterocycles. The third-order valence-electron chi connectivity index (χ3n) is 6.63. The molecule has 45 heavy (non-hydrogen) atoms. The number of esters is 1. The number of methoxy groups -OCH3 is 1. The molecule has 0 spiro atoms. The number of carbonyl (C=O) groups is 2. The molecular formula is C32H34Cl2N4O7. The molecule has 11 nitrogen and oxygen atoms in total. The molecule has 0 aliphatic carbocycles. The molecule has 2 amide bonds. The molecule has 4 rings (SSSR count). The molecule has 3 aromatic carbocycles. The fourth-order valence-corrected chi connectivity index (χ4v) is 5.06. The standard InChI is InChI=1S/C32H34Cl2N4O7/c1-5-43-26-14-22(29-28(31(40)42-4)19(3)36-32(41)37-29)10-11-25(26)44-17-27(39)38-35-15-21-12-23(33)30(24(34)13-21)45-16-20-8-6-18(2)7-9-20/h6-15,27,29,38-39H,5,16-17H2,1-4H3,(H2,36,37,41)/b35-15-/t27-,29-/m0/s1. The molecule has 0 unspecified atom stereocenters. The van der Waals surface area contributed by atoms with Gasteiger partial charge >= 0.3 is 12.0 Å². The van der Waals surface area contributed by atoms with Crippen LogP contribution in [0.3, 0.4) is 0 Å². The Morgan fingerprint density at radius 2 is 1.76 bits per heavy atom. The van der Waals surface area contributed by atoms with Gasteiger partial charge in [-0.05, 0) is 61.7 Å². The molecule has 3 aromatic rings. The molecule has 1 aliphatic heterocycles. The van der Waals surface area contributed by atoms with Crippen molar-refractivity contribution in [2.24, 2.45) is 5.10 Å². The summed E-state index contributed by atoms with van der Waals surface area (Å²) in [6.45, 7) is 5.90. The van der Waals surface area contributed by atoms with Crippen LogP contribution in [0.5, 0.6) is 17.2 Å². The van der Waals surface area contributed by atoms with E-state index in [1.807, 2.05) is 31.2 Å². The third kappa shape index (κ3) is 8.81. The maximum Gasteiger partial charge on any atom is 0.337 e. The van der Waals surface area contributed by atoms with E-state index in [0.29, 0.717) is 57.3 Å². The average molecular weight is 658 g/mol. The number of hydrazone groups is 1. The normalized spacial score (nSPS) is 15.3. The number of urea groups is 1. The topological polar surface area (TPSA) is 140 Å². The van der Waals surface area contributed by atoms with Crippen molar-refractivity contribution in [1.29, 1.82) is 0 Å². The number of aliphatic hydroxyl groups excluding tert-OH is 1. The van der Waals surface area contributed by atoms with E-state index >= 15 is 0 Å². The number of benzene rings is 3. The van der Waals surface area contributed by atoms with Gasteiger partial charge in [-0.3, -0.25) is 5.43 Å². The number of hydrogen-bond acceptors (Lipinski definition) is 9. The number of aliphatic hydroxyl groups is 1. The van der Waals surface area contributed by atoms with E-state index in [9.17, 15) is 14.7 Å². The molecule has 2 atom stereocenters. The van der Waals surface area contributed by atoms with Crippen molar-refractivity contribution in [3.63, 3.8) is 0 Å². The van der Waals surface area contributed by atoms with Gasteiger partial charge in [-0.1, -0.05) is 59.1 Å². The Labute approximate surface area is 271 Å². The van der Waals surface area contributed by atoms with Gasteiger partial charge in [0.25, 0.3) is 0 Å². The second-order valence-electron chi connectivity index (χ2n) is 10.0. The molecule has 0 saturated heterocycles. The fraction of sp³-hybridized carbons (Fsp3) is 0.281. The smallest absolute Gasteiger partial charge is 0.337 e. The Bertz CT molecular complexity index is 1570. The SMILES string of the molecule is CCOc1cc([C@@H]2NC(=O)NC(C)=C2C(=O)OC)ccc1OC[C@H](O)N/N=C\c1cc(Cl)c(OCc2ccc(C)cc2)c(Cl)c1. The average Bonchev–Trinajstić information content (AvgIpc) is 3.00. The zero-order valence-electron chi connectivity index (χ0n) is 25.1. The highest BCUT2D eigenvalue weighted by Gasteiger charge is 2.32. The van der Waals surface area contributed by atoms with Crippen molar-refractivity contribution >= 4 is 41.4 Å². The zero-order chi connectivity index (χ0) is 32.5. The second-order valence-corrected chi connectivity index (χ2v) is 10.8. The fourth-order valence-electron chi connectivity index (χ4n) is 4.45. The molecule has 0 radical (unpaired) electrons. The summed E-state index contributed by atoms with van der Waals surface area (Å²) >= 11 is 12.8. The molecule has 4 N–H and O–H groups in total. The molecule has 0 saturated carbocycles. The van der Waals surface area contributed by atoms with Gasteiger partial charge in [0.05, 0.1) is 41.6 Å². The Hall–Kier alpha value is -4.45. The maximum atomic E-state index is 12.4. The summed E-state index contributed by atoms with van der Waals surface area (Å²) in [5, 5.41) is 20.4. The van der Waals surface area contributed by atoms with Gasteiger partial charge in [0.2, 0.25) is 0 Å². The monoisotopic (exact) mass is 656 g/mol. The highest BCUT2D eigenvalue weighted by molar-refractivity contribution is 6.37. The molecule has 0 fully saturated rings. The summed E-state index contributed by atoms with van der Waals surface area (Å²) in [6, 6.07) is 15.0. The number of hydrogen-bond donors (Lipinski definition) is 4. The van der Waals surface area contributed by atoms with Crippen LogP contribution >= 0.6 is 23.2 Å². The van der Waals surface area contributed by atoms with Gasteiger partial charge in [0, 0.05) is 5.70 Å². The zero-order valence-corrected chi connectivity index (χ0v) is 26.7.